The number of fused-ring (bicyclic) bond motifs is 1. The smallest absolute Gasteiger partial charge is 0.142 e. The first-order valence-electron chi connectivity index (χ1n) is 8.66. The van der Waals surface area contributed by atoms with Gasteiger partial charge in [-0.05, 0) is 48.4 Å². The fourth-order valence-electron chi connectivity index (χ4n) is 3.10. The molecule has 0 bridgehead atoms. The lowest BCUT2D eigenvalue weighted by molar-refractivity contribution is 0.415. The van der Waals surface area contributed by atoms with Gasteiger partial charge in [-0.3, -0.25) is 4.40 Å². The van der Waals surface area contributed by atoms with Crippen molar-refractivity contribution in [2.45, 2.75) is 13.5 Å². The van der Waals surface area contributed by atoms with Gasteiger partial charge < -0.3 is 10.1 Å². The minimum Gasteiger partial charge on any atom is -0.497 e. The van der Waals surface area contributed by atoms with Crippen molar-refractivity contribution < 1.29 is 4.74 Å². The Hall–Kier alpha value is -3.27. The van der Waals surface area contributed by atoms with E-state index in [1.807, 2.05) is 30.3 Å². The van der Waals surface area contributed by atoms with Gasteiger partial charge >= 0.3 is 0 Å². The van der Waals surface area contributed by atoms with Crippen molar-refractivity contribution in [1.29, 1.82) is 0 Å². The van der Waals surface area contributed by atoms with Crippen molar-refractivity contribution in [1.82, 2.24) is 9.38 Å². The molecule has 4 aromatic rings. The van der Waals surface area contributed by atoms with Crippen LogP contribution in [-0.4, -0.2) is 16.5 Å². The van der Waals surface area contributed by atoms with Gasteiger partial charge in [-0.2, -0.15) is 0 Å². The molecule has 4 heteroatoms. The summed E-state index contributed by atoms with van der Waals surface area (Å²) in [5, 5.41) is 3.58. The fraction of sp³-hybridized carbons (Fsp3) is 0.136. The van der Waals surface area contributed by atoms with E-state index < -0.39 is 0 Å². The number of aryl methyl sites for hydroxylation is 1. The van der Waals surface area contributed by atoms with Crippen LogP contribution in [-0.2, 0) is 6.54 Å². The molecule has 0 fully saturated rings. The molecule has 2 heterocycles. The molecule has 0 aliphatic rings. The van der Waals surface area contributed by atoms with Gasteiger partial charge in [0, 0.05) is 18.3 Å². The van der Waals surface area contributed by atoms with Crippen LogP contribution in [0.15, 0.2) is 72.9 Å². The summed E-state index contributed by atoms with van der Waals surface area (Å²) in [6, 6.07) is 22.5. The number of benzene rings is 2. The van der Waals surface area contributed by atoms with Crippen LogP contribution in [0.3, 0.4) is 0 Å². The number of hydrogen-bond acceptors (Lipinski definition) is 3. The molecular weight excluding hydrogens is 322 g/mol. The fourth-order valence-corrected chi connectivity index (χ4v) is 3.10. The number of hydrogen-bond donors (Lipinski definition) is 1. The zero-order chi connectivity index (χ0) is 17.9. The second kappa shape index (κ2) is 6.92. The summed E-state index contributed by atoms with van der Waals surface area (Å²) in [7, 11) is 1.68. The third-order valence-electron chi connectivity index (χ3n) is 4.51. The van der Waals surface area contributed by atoms with E-state index in [9.17, 15) is 0 Å². The Bertz CT molecular complexity index is 1020. The number of methoxy groups -OCH3 is 1. The van der Waals surface area contributed by atoms with Gasteiger partial charge in [-0.15, -0.1) is 0 Å². The van der Waals surface area contributed by atoms with Crippen molar-refractivity contribution in [2.24, 2.45) is 0 Å². The average molecular weight is 343 g/mol. The number of nitrogens with zero attached hydrogens (tertiary/aromatic N) is 2. The summed E-state index contributed by atoms with van der Waals surface area (Å²) in [6.07, 6.45) is 2.05. The number of anilines is 1. The van der Waals surface area contributed by atoms with E-state index in [1.54, 1.807) is 7.11 Å². The summed E-state index contributed by atoms with van der Waals surface area (Å²) in [6.45, 7) is 2.83. The first-order valence-corrected chi connectivity index (χ1v) is 8.66. The van der Waals surface area contributed by atoms with Gasteiger partial charge in [-0.1, -0.05) is 36.4 Å². The third-order valence-corrected chi connectivity index (χ3v) is 4.51. The molecule has 1 N–H and O–H groups in total. The minimum atomic E-state index is 0.742. The van der Waals surface area contributed by atoms with Crippen LogP contribution < -0.4 is 10.1 Å². The van der Waals surface area contributed by atoms with Crippen LogP contribution >= 0.6 is 0 Å². The molecule has 130 valence electrons. The van der Waals surface area contributed by atoms with Gasteiger partial charge in [0.2, 0.25) is 0 Å². The molecule has 26 heavy (non-hydrogen) atoms. The Morgan fingerprint density at radius 3 is 2.46 bits per heavy atom. The van der Waals surface area contributed by atoms with Gasteiger partial charge in [-0.25, -0.2) is 4.98 Å². The van der Waals surface area contributed by atoms with Gasteiger partial charge in [0.05, 0.1) is 7.11 Å². The first-order chi connectivity index (χ1) is 12.8. The van der Waals surface area contributed by atoms with Gasteiger partial charge in [0.15, 0.2) is 0 Å². The Labute approximate surface area is 153 Å². The van der Waals surface area contributed by atoms with Crippen molar-refractivity contribution in [3.8, 4) is 17.0 Å². The van der Waals surface area contributed by atoms with E-state index in [-0.39, 0.29) is 0 Å². The molecule has 0 amide bonds. The summed E-state index contributed by atoms with van der Waals surface area (Å²) in [5.74, 6) is 1.84. The standard InChI is InChI=1S/C22H21N3O/c1-16-7-6-14-25-21(16)24-20(18-10-12-19(26-2)13-11-18)22(25)23-15-17-8-4-3-5-9-17/h3-14,23H,15H2,1-2H3. The van der Waals surface area contributed by atoms with Crippen molar-refractivity contribution in [2.75, 3.05) is 12.4 Å². The predicted octanol–water partition coefficient (Wildman–Crippen LogP) is 4.93. The van der Waals surface area contributed by atoms with E-state index in [4.69, 9.17) is 9.72 Å². The average Bonchev–Trinajstić information content (AvgIpc) is 3.07. The quantitative estimate of drug-likeness (QED) is 0.558. The highest BCUT2D eigenvalue weighted by molar-refractivity contribution is 5.77. The third kappa shape index (κ3) is 3.02. The van der Waals surface area contributed by atoms with E-state index in [0.717, 1.165) is 40.6 Å². The molecule has 4 rings (SSSR count). The van der Waals surface area contributed by atoms with Crippen molar-refractivity contribution >= 4 is 11.5 Å². The van der Waals surface area contributed by atoms with E-state index >= 15 is 0 Å². The lowest BCUT2D eigenvalue weighted by Crippen LogP contribution is -2.03. The molecule has 0 aliphatic heterocycles. The normalized spacial score (nSPS) is 10.8. The second-order valence-electron chi connectivity index (χ2n) is 6.26. The van der Waals surface area contributed by atoms with Crippen LogP contribution in [0.25, 0.3) is 16.9 Å². The SMILES string of the molecule is COc1ccc(-c2nc3c(C)cccn3c2NCc2ccccc2)cc1. The van der Waals surface area contributed by atoms with Crippen molar-refractivity contribution in [3.63, 3.8) is 0 Å². The number of rotatable bonds is 5. The monoisotopic (exact) mass is 343 g/mol. The van der Waals surface area contributed by atoms with Crippen LogP contribution in [0.2, 0.25) is 0 Å². The first kappa shape index (κ1) is 16.2. The lowest BCUT2D eigenvalue weighted by atomic mass is 10.1. The molecular formula is C22H21N3O. The van der Waals surface area contributed by atoms with Gasteiger partial charge in [0.25, 0.3) is 0 Å². The number of imidazole rings is 1. The Morgan fingerprint density at radius 2 is 1.73 bits per heavy atom. The summed E-state index contributed by atoms with van der Waals surface area (Å²) in [5.41, 5.74) is 5.35. The van der Waals surface area contributed by atoms with Crippen LogP contribution in [0.1, 0.15) is 11.1 Å². The van der Waals surface area contributed by atoms with Gasteiger partial charge in [0.1, 0.15) is 22.9 Å². The summed E-state index contributed by atoms with van der Waals surface area (Å²) >= 11 is 0. The zero-order valence-electron chi connectivity index (χ0n) is 14.9. The second-order valence-corrected chi connectivity index (χ2v) is 6.26. The maximum absolute atomic E-state index is 5.28. The molecule has 0 unspecified atom stereocenters. The Balaban J connectivity index is 1.78. The Morgan fingerprint density at radius 1 is 0.962 bits per heavy atom. The highest BCUT2D eigenvalue weighted by atomic mass is 16.5. The van der Waals surface area contributed by atoms with E-state index in [0.29, 0.717) is 0 Å². The molecule has 0 atom stereocenters. The molecule has 4 nitrogen and oxygen atoms in total. The number of ether oxygens (including phenoxy) is 1. The molecule has 0 spiro atoms. The lowest BCUT2D eigenvalue weighted by Gasteiger charge is -2.09. The topological polar surface area (TPSA) is 38.6 Å². The maximum atomic E-state index is 5.28. The van der Waals surface area contributed by atoms with Crippen LogP contribution in [0.4, 0.5) is 5.82 Å². The summed E-state index contributed by atoms with van der Waals surface area (Å²) < 4.78 is 7.40. The number of nitrogens with one attached hydrogen (secondary N) is 1. The molecule has 0 saturated heterocycles. The van der Waals surface area contributed by atoms with E-state index in [2.05, 4.69) is 59.2 Å². The molecule has 0 aliphatic carbocycles. The summed E-state index contributed by atoms with van der Waals surface area (Å²) in [4.78, 5) is 4.91. The number of aromatic nitrogens is 2. The zero-order valence-corrected chi connectivity index (χ0v) is 14.9. The van der Waals surface area contributed by atoms with Crippen LogP contribution in [0.5, 0.6) is 5.75 Å². The molecule has 0 radical (unpaired) electrons. The maximum Gasteiger partial charge on any atom is 0.142 e. The Kier molecular flexibility index (Phi) is 4.32. The predicted molar refractivity (Wildman–Crippen MR) is 106 cm³/mol. The largest absolute Gasteiger partial charge is 0.497 e. The molecule has 2 aromatic heterocycles. The van der Waals surface area contributed by atoms with Crippen molar-refractivity contribution in [3.05, 3.63) is 84.1 Å². The number of pyridine rings is 1. The molecule has 2 aromatic carbocycles. The highest BCUT2D eigenvalue weighted by Gasteiger charge is 2.15. The van der Waals surface area contributed by atoms with Crippen LogP contribution in [0, 0.1) is 6.92 Å². The molecule has 0 saturated carbocycles. The highest BCUT2D eigenvalue weighted by Crippen LogP contribution is 2.31. The minimum absolute atomic E-state index is 0.742. The van der Waals surface area contributed by atoms with E-state index in [1.165, 1.54) is 5.56 Å².